The lowest BCUT2D eigenvalue weighted by molar-refractivity contribution is -0.385. The predicted molar refractivity (Wildman–Crippen MR) is 59.7 cm³/mol. The Bertz CT molecular complexity index is 455. The minimum absolute atomic E-state index is 0.103. The van der Waals surface area contributed by atoms with Gasteiger partial charge in [0.25, 0.3) is 5.69 Å². The summed E-state index contributed by atoms with van der Waals surface area (Å²) in [6.07, 6.45) is 0. The molecule has 0 saturated heterocycles. The highest BCUT2D eigenvalue weighted by Crippen LogP contribution is 2.58. The molecule has 1 atom stereocenters. The number of hydrogen-bond donors (Lipinski definition) is 1. The summed E-state index contributed by atoms with van der Waals surface area (Å²) in [6, 6.07) is 5.17. The van der Waals surface area contributed by atoms with Crippen molar-refractivity contribution in [1.82, 2.24) is 0 Å². The number of nitro groups is 1. The molecule has 94 valence electrons. The van der Waals surface area contributed by atoms with Crippen LogP contribution in [-0.4, -0.2) is 24.2 Å². The second-order valence-electron chi connectivity index (χ2n) is 3.13. The maximum absolute atomic E-state index is 11.9. The summed E-state index contributed by atoms with van der Waals surface area (Å²) < 4.78 is 21.1. The SMILES string of the molecule is COP(=O)(OC)C(O)c1cccc([N+](=O)[O-])c1. The van der Waals surface area contributed by atoms with Crippen molar-refractivity contribution in [2.75, 3.05) is 14.2 Å². The molecule has 0 aromatic heterocycles. The maximum atomic E-state index is 11.9. The van der Waals surface area contributed by atoms with E-state index in [2.05, 4.69) is 9.05 Å². The average molecular weight is 261 g/mol. The fraction of sp³-hybridized carbons (Fsp3) is 0.333. The zero-order chi connectivity index (χ0) is 13.1. The highest BCUT2D eigenvalue weighted by atomic mass is 31.2. The lowest BCUT2D eigenvalue weighted by atomic mass is 10.2. The molecule has 0 radical (unpaired) electrons. The molecule has 0 aliphatic rings. The minimum atomic E-state index is -3.71. The van der Waals surface area contributed by atoms with Gasteiger partial charge in [-0.2, -0.15) is 0 Å². The molecule has 8 heteroatoms. The number of aliphatic hydroxyl groups is 1. The topological polar surface area (TPSA) is 98.9 Å². The lowest BCUT2D eigenvalue weighted by Gasteiger charge is -2.19. The summed E-state index contributed by atoms with van der Waals surface area (Å²) >= 11 is 0. The van der Waals surface area contributed by atoms with Gasteiger partial charge < -0.3 is 14.2 Å². The highest BCUT2D eigenvalue weighted by Gasteiger charge is 2.34. The fourth-order valence-corrected chi connectivity index (χ4v) is 2.33. The van der Waals surface area contributed by atoms with Crippen molar-refractivity contribution in [1.29, 1.82) is 0 Å². The predicted octanol–water partition coefficient (Wildman–Crippen LogP) is 2.07. The van der Waals surface area contributed by atoms with Crippen molar-refractivity contribution in [3.63, 3.8) is 0 Å². The first-order chi connectivity index (χ1) is 7.94. The molecule has 0 spiro atoms. The summed E-state index contributed by atoms with van der Waals surface area (Å²) in [5.41, 5.74) is -0.105. The Morgan fingerprint density at radius 2 is 2.00 bits per heavy atom. The van der Waals surface area contributed by atoms with E-state index >= 15 is 0 Å². The first-order valence-electron chi connectivity index (χ1n) is 4.58. The molecule has 0 bridgehead atoms. The smallest absolute Gasteiger partial charge is 0.362 e. The Kier molecular flexibility index (Phi) is 4.36. The van der Waals surface area contributed by atoms with Gasteiger partial charge in [0.15, 0.2) is 5.85 Å². The highest BCUT2D eigenvalue weighted by molar-refractivity contribution is 7.53. The van der Waals surface area contributed by atoms with Crippen LogP contribution in [0.5, 0.6) is 0 Å². The van der Waals surface area contributed by atoms with E-state index in [4.69, 9.17) is 0 Å². The lowest BCUT2D eigenvalue weighted by Crippen LogP contribution is -2.03. The number of nitro benzene ring substituents is 1. The van der Waals surface area contributed by atoms with Gasteiger partial charge in [-0.3, -0.25) is 14.7 Å². The third kappa shape index (κ3) is 2.89. The standard InChI is InChI=1S/C9H12NO6P/c1-15-17(14,16-2)9(11)7-4-3-5-8(6-7)10(12)13/h3-6,9,11H,1-2H3. The van der Waals surface area contributed by atoms with E-state index < -0.39 is 18.4 Å². The van der Waals surface area contributed by atoms with E-state index in [1.807, 2.05) is 0 Å². The first-order valence-corrected chi connectivity index (χ1v) is 6.19. The number of non-ortho nitro benzene ring substituents is 1. The van der Waals surface area contributed by atoms with E-state index in [-0.39, 0.29) is 11.3 Å². The number of benzene rings is 1. The summed E-state index contributed by atoms with van der Waals surface area (Å²) in [5, 5.41) is 20.4. The molecule has 0 heterocycles. The molecule has 0 fully saturated rings. The van der Waals surface area contributed by atoms with Gasteiger partial charge in [0.05, 0.1) is 4.92 Å². The van der Waals surface area contributed by atoms with Gasteiger partial charge in [0.1, 0.15) is 0 Å². The number of aliphatic hydroxyl groups excluding tert-OH is 1. The summed E-state index contributed by atoms with van der Waals surface area (Å²) in [6.45, 7) is 0. The van der Waals surface area contributed by atoms with E-state index in [9.17, 15) is 19.8 Å². The van der Waals surface area contributed by atoms with Crippen molar-refractivity contribution in [3.05, 3.63) is 39.9 Å². The summed E-state index contributed by atoms with van der Waals surface area (Å²) in [5.74, 6) is -1.56. The molecule has 0 saturated carbocycles. The van der Waals surface area contributed by atoms with Crippen LogP contribution in [0.1, 0.15) is 11.4 Å². The average Bonchev–Trinajstić information content (AvgIpc) is 2.37. The van der Waals surface area contributed by atoms with Crippen molar-refractivity contribution in [2.24, 2.45) is 0 Å². The molecule has 7 nitrogen and oxygen atoms in total. The molecule has 1 aromatic rings. The van der Waals surface area contributed by atoms with Gasteiger partial charge in [-0.25, -0.2) is 0 Å². The molecule has 1 aromatic carbocycles. The van der Waals surface area contributed by atoms with Crippen LogP contribution in [0.25, 0.3) is 0 Å². The van der Waals surface area contributed by atoms with E-state index in [1.54, 1.807) is 0 Å². The molecule has 17 heavy (non-hydrogen) atoms. The fourth-order valence-electron chi connectivity index (χ4n) is 1.26. The van der Waals surface area contributed by atoms with Gasteiger partial charge in [0.2, 0.25) is 0 Å². The molecule has 0 amide bonds. The van der Waals surface area contributed by atoms with Crippen LogP contribution in [0.2, 0.25) is 0 Å². The summed E-state index contributed by atoms with van der Waals surface area (Å²) in [4.78, 5) is 9.95. The second kappa shape index (κ2) is 5.37. The summed E-state index contributed by atoms with van der Waals surface area (Å²) in [7, 11) is -1.45. The van der Waals surface area contributed by atoms with Crippen LogP contribution in [-0.2, 0) is 13.6 Å². The molecule has 0 aliphatic heterocycles. The largest absolute Gasteiger partial charge is 0.376 e. The second-order valence-corrected chi connectivity index (χ2v) is 5.43. The van der Waals surface area contributed by atoms with Gasteiger partial charge in [-0.15, -0.1) is 0 Å². The number of rotatable bonds is 5. The van der Waals surface area contributed by atoms with Crippen molar-refractivity contribution in [3.8, 4) is 0 Å². The Hall–Kier alpha value is -1.27. The van der Waals surface area contributed by atoms with Crippen LogP contribution in [0.15, 0.2) is 24.3 Å². The van der Waals surface area contributed by atoms with Gasteiger partial charge in [-0.1, -0.05) is 12.1 Å². The number of hydrogen-bond acceptors (Lipinski definition) is 6. The van der Waals surface area contributed by atoms with Gasteiger partial charge in [0, 0.05) is 26.4 Å². The third-order valence-corrected chi connectivity index (χ3v) is 4.10. The van der Waals surface area contributed by atoms with Crippen molar-refractivity contribution < 1.29 is 23.6 Å². The first kappa shape index (κ1) is 13.8. The van der Waals surface area contributed by atoms with E-state index in [0.29, 0.717) is 0 Å². The molecule has 1 unspecified atom stereocenters. The van der Waals surface area contributed by atoms with Crippen LogP contribution < -0.4 is 0 Å². The Morgan fingerprint density at radius 3 is 2.47 bits per heavy atom. The normalized spacial score (nSPS) is 13.4. The zero-order valence-corrected chi connectivity index (χ0v) is 10.2. The zero-order valence-electron chi connectivity index (χ0n) is 9.27. The molecule has 1 N–H and O–H groups in total. The number of nitrogens with zero attached hydrogens (tertiary/aromatic N) is 1. The Morgan fingerprint density at radius 1 is 1.41 bits per heavy atom. The minimum Gasteiger partial charge on any atom is -0.376 e. The molecular formula is C9H12NO6P. The third-order valence-electron chi connectivity index (χ3n) is 2.19. The quantitative estimate of drug-likeness (QED) is 0.494. The van der Waals surface area contributed by atoms with Crippen molar-refractivity contribution >= 4 is 13.3 Å². The van der Waals surface area contributed by atoms with E-state index in [0.717, 1.165) is 20.3 Å². The molecular weight excluding hydrogens is 249 g/mol. The van der Waals surface area contributed by atoms with Crippen LogP contribution in [0, 0.1) is 10.1 Å². The maximum Gasteiger partial charge on any atom is 0.362 e. The van der Waals surface area contributed by atoms with Crippen LogP contribution >= 0.6 is 7.60 Å². The Labute approximate surface area is 97.7 Å². The van der Waals surface area contributed by atoms with Crippen molar-refractivity contribution in [2.45, 2.75) is 5.85 Å². The van der Waals surface area contributed by atoms with Gasteiger partial charge >= 0.3 is 7.60 Å². The van der Waals surface area contributed by atoms with Gasteiger partial charge in [-0.05, 0) is 5.56 Å². The monoisotopic (exact) mass is 261 g/mol. The molecule has 0 aliphatic carbocycles. The van der Waals surface area contributed by atoms with E-state index in [1.165, 1.54) is 18.2 Å². The molecule has 1 rings (SSSR count). The Balaban J connectivity index is 3.12. The van der Waals surface area contributed by atoms with Crippen LogP contribution in [0.3, 0.4) is 0 Å². The van der Waals surface area contributed by atoms with Crippen LogP contribution in [0.4, 0.5) is 5.69 Å².